The second-order valence-electron chi connectivity index (χ2n) is 6.03. The Balaban J connectivity index is 1.63. The topological polar surface area (TPSA) is 62.5 Å². The van der Waals surface area contributed by atoms with Crippen molar-refractivity contribution in [1.82, 2.24) is 19.9 Å². The van der Waals surface area contributed by atoms with E-state index in [0.717, 1.165) is 6.07 Å². The van der Waals surface area contributed by atoms with Gasteiger partial charge in [0, 0.05) is 26.2 Å². The van der Waals surface area contributed by atoms with Crippen LogP contribution in [-0.2, 0) is 12.7 Å². The van der Waals surface area contributed by atoms with Gasteiger partial charge in [-0.1, -0.05) is 11.2 Å². The first-order valence-electron chi connectivity index (χ1n) is 8.11. The van der Waals surface area contributed by atoms with Crippen LogP contribution in [0.4, 0.5) is 22.0 Å². The van der Waals surface area contributed by atoms with Gasteiger partial charge in [-0.25, -0.2) is 8.78 Å². The van der Waals surface area contributed by atoms with Crippen molar-refractivity contribution in [1.29, 1.82) is 0 Å². The highest BCUT2D eigenvalue weighted by molar-refractivity contribution is 5.94. The molecule has 0 saturated carbocycles. The van der Waals surface area contributed by atoms with E-state index in [-0.39, 0.29) is 24.5 Å². The smallest absolute Gasteiger partial charge is 0.338 e. The lowest BCUT2D eigenvalue weighted by Crippen LogP contribution is -2.35. The van der Waals surface area contributed by atoms with Crippen molar-refractivity contribution in [3.63, 3.8) is 0 Å². The van der Waals surface area contributed by atoms with Gasteiger partial charge in [-0.2, -0.15) is 18.2 Å². The summed E-state index contributed by atoms with van der Waals surface area (Å²) in [6, 6.07) is 3.39. The summed E-state index contributed by atoms with van der Waals surface area (Å²) in [7, 11) is 0. The van der Waals surface area contributed by atoms with Crippen molar-refractivity contribution in [2.45, 2.75) is 19.1 Å². The van der Waals surface area contributed by atoms with Crippen molar-refractivity contribution in [2.75, 3.05) is 26.2 Å². The molecule has 0 N–H and O–H groups in total. The number of amides is 1. The largest absolute Gasteiger partial charge is 0.455 e. The van der Waals surface area contributed by atoms with Gasteiger partial charge < -0.3 is 9.42 Å². The molecule has 1 aliphatic rings. The quantitative estimate of drug-likeness (QED) is 0.755. The van der Waals surface area contributed by atoms with E-state index in [0.29, 0.717) is 26.1 Å². The van der Waals surface area contributed by atoms with Crippen LogP contribution in [0.2, 0.25) is 0 Å². The molecule has 6 nitrogen and oxygen atoms in total. The third-order valence-electron chi connectivity index (χ3n) is 4.14. The molecule has 0 aliphatic carbocycles. The SMILES string of the molecule is O=C(c1cccc(F)c1F)N1CCCN(Cc2nc(C(F)(F)F)no2)CC1. The van der Waals surface area contributed by atoms with Gasteiger partial charge in [0.2, 0.25) is 5.89 Å². The van der Waals surface area contributed by atoms with Crippen molar-refractivity contribution >= 4 is 5.91 Å². The van der Waals surface area contributed by atoms with Crippen molar-refractivity contribution in [3.05, 3.63) is 47.1 Å². The number of halogens is 5. The van der Waals surface area contributed by atoms with Crippen LogP contribution in [0, 0.1) is 11.6 Å². The second-order valence-corrected chi connectivity index (χ2v) is 6.03. The lowest BCUT2D eigenvalue weighted by atomic mass is 10.1. The standard InChI is InChI=1S/C16H15F5N4O2/c17-11-4-1-3-10(13(11)18)14(26)25-6-2-5-24(7-8-25)9-12-22-15(23-27-12)16(19,20)21/h1,3-4H,2,5-9H2. The van der Waals surface area contributed by atoms with Crippen LogP contribution >= 0.6 is 0 Å². The van der Waals surface area contributed by atoms with E-state index in [2.05, 4.69) is 14.7 Å². The van der Waals surface area contributed by atoms with E-state index < -0.39 is 29.5 Å². The molecule has 0 unspecified atom stereocenters. The van der Waals surface area contributed by atoms with Gasteiger partial charge >= 0.3 is 6.18 Å². The van der Waals surface area contributed by atoms with Gasteiger partial charge in [0.05, 0.1) is 12.1 Å². The maximum atomic E-state index is 13.8. The number of hydrogen-bond donors (Lipinski definition) is 0. The molecule has 0 radical (unpaired) electrons. The van der Waals surface area contributed by atoms with Crippen LogP contribution in [-0.4, -0.2) is 52.0 Å². The zero-order chi connectivity index (χ0) is 19.6. The Labute approximate surface area is 150 Å². The average molecular weight is 390 g/mol. The number of nitrogens with zero attached hydrogens (tertiary/aromatic N) is 4. The average Bonchev–Trinajstić information content (AvgIpc) is 2.96. The molecular formula is C16H15F5N4O2. The number of rotatable bonds is 3. The first kappa shape index (κ1) is 19.2. The van der Waals surface area contributed by atoms with Crippen molar-refractivity contribution in [3.8, 4) is 0 Å². The number of carbonyl (C=O) groups is 1. The molecule has 27 heavy (non-hydrogen) atoms. The fourth-order valence-corrected chi connectivity index (χ4v) is 2.80. The molecule has 1 aliphatic heterocycles. The Bertz CT molecular complexity index is 823. The molecule has 0 bridgehead atoms. The molecule has 1 fully saturated rings. The molecule has 2 heterocycles. The molecule has 1 amide bonds. The van der Waals surface area contributed by atoms with Gasteiger partial charge in [-0.05, 0) is 18.6 Å². The summed E-state index contributed by atoms with van der Waals surface area (Å²) in [4.78, 5) is 18.9. The normalized spacial score (nSPS) is 16.4. The maximum absolute atomic E-state index is 13.8. The highest BCUT2D eigenvalue weighted by Gasteiger charge is 2.37. The molecule has 1 saturated heterocycles. The monoisotopic (exact) mass is 390 g/mol. The number of carbonyl (C=O) groups excluding carboxylic acids is 1. The molecule has 2 aromatic rings. The Morgan fingerprint density at radius 3 is 2.63 bits per heavy atom. The Morgan fingerprint density at radius 1 is 1.15 bits per heavy atom. The number of aromatic nitrogens is 2. The van der Waals surface area contributed by atoms with Crippen LogP contribution in [0.15, 0.2) is 22.7 Å². The van der Waals surface area contributed by atoms with Crippen LogP contribution < -0.4 is 0 Å². The van der Waals surface area contributed by atoms with Gasteiger partial charge in [0.25, 0.3) is 11.7 Å². The molecule has 1 aromatic heterocycles. The molecule has 11 heteroatoms. The third-order valence-corrected chi connectivity index (χ3v) is 4.14. The summed E-state index contributed by atoms with van der Waals surface area (Å²) in [5.74, 6) is -4.46. The number of alkyl halides is 3. The predicted molar refractivity (Wildman–Crippen MR) is 81.5 cm³/mol. The predicted octanol–water partition coefficient (Wildman–Crippen LogP) is 2.71. The van der Waals surface area contributed by atoms with Crippen molar-refractivity contribution in [2.24, 2.45) is 0 Å². The lowest BCUT2D eigenvalue weighted by Gasteiger charge is -2.21. The Kier molecular flexibility index (Phi) is 5.40. The van der Waals surface area contributed by atoms with E-state index in [1.807, 2.05) is 0 Å². The minimum absolute atomic E-state index is 0.000559. The summed E-state index contributed by atoms with van der Waals surface area (Å²) in [5.41, 5.74) is -0.352. The Morgan fingerprint density at radius 2 is 1.93 bits per heavy atom. The van der Waals surface area contributed by atoms with E-state index in [9.17, 15) is 26.7 Å². The molecule has 146 valence electrons. The molecular weight excluding hydrogens is 375 g/mol. The van der Waals surface area contributed by atoms with Crippen LogP contribution in [0.25, 0.3) is 0 Å². The lowest BCUT2D eigenvalue weighted by molar-refractivity contribution is -0.146. The third kappa shape index (κ3) is 4.41. The number of benzene rings is 1. The van der Waals surface area contributed by atoms with Crippen LogP contribution in [0.1, 0.15) is 28.5 Å². The fourth-order valence-electron chi connectivity index (χ4n) is 2.80. The first-order valence-corrected chi connectivity index (χ1v) is 8.11. The molecule has 1 aromatic carbocycles. The summed E-state index contributed by atoms with van der Waals surface area (Å²) in [5, 5.41) is 2.90. The Hall–Kier alpha value is -2.56. The molecule has 0 atom stereocenters. The summed E-state index contributed by atoms with van der Waals surface area (Å²) in [6.45, 7) is 1.29. The van der Waals surface area contributed by atoms with E-state index in [1.165, 1.54) is 17.0 Å². The molecule has 3 rings (SSSR count). The minimum Gasteiger partial charge on any atom is -0.338 e. The highest BCUT2D eigenvalue weighted by Crippen LogP contribution is 2.26. The van der Waals surface area contributed by atoms with Crippen LogP contribution in [0.5, 0.6) is 0 Å². The molecule has 0 spiro atoms. The maximum Gasteiger partial charge on any atom is 0.455 e. The summed E-state index contributed by atoms with van der Waals surface area (Å²) >= 11 is 0. The zero-order valence-electron chi connectivity index (χ0n) is 14.0. The van der Waals surface area contributed by atoms with E-state index in [4.69, 9.17) is 0 Å². The second kappa shape index (κ2) is 7.59. The van der Waals surface area contributed by atoms with E-state index >= 15 is 0 Å². The van der Waals surface area contributed by atoms with E-state index in [1.54, 1.807) is 4.90 Å². The minimum atomic E-state index is -4.68. The number of hydrogen-bond acceptors (Lipinski definition) is 5. The fraction of sp³-hybridized carbons (Fsp3) is 0.438. The highest BCUT2D eigenvalue weighted by atomic mass is 19.4. The zero-order valence-corrected chi connectivity index (χ0v) is 14.0. The van der Waals surface area contributed by atoms with Crippen LogP contribution in [0.3, 0.4) is 0 Å². The van der Waals surface area contributed by atoms with Gasteiger partial charge in [0.15, 0.2) is 11.6 Å². The first-order chi connectivity index (χ1) is 12.8. The summed E-state index contributed by atoms with van der Waals surface area (Å²) < 4.78 is 69.3. The van der Waals surface area contributed by atoms with Crippen molar-refractivity contribution < 1.29 is 31.3 Å². The van der Waals surface area contributed by atoms with Gasteiger partial charge in [0.1, 0.15) is 0 Å². The van der Waals surface area contributed by atoms with Gasteiger partial charge in [-0.3, -0.25) is 9.69 Å². The van der Waals surface area contributed by atoms with Gasteiger partial charge in [-0.15, -0.1) is 0 Å². The summed E-state index contributed by atoms with van der Waals surface area (Å²) in [6.07, 6.45) is -4.18.